The Balaban J connectivity index is 1.85. The number of aromatic nitrogens is 1. The zero-order chi connectivity index (χ0) is 22.8. The Morgan fingerprint density at radius 2 is 1.52 bits per heavy atom. The zero-order valence-corrected chi connectivity index (χ0v) is 18.7. The van der Waals surface area contributed by atoms with Crippen molar-refractivity contribution in [1.82, 2.24) is 4.57 Å². The van der Waals surface area contributed by atoms with E-state index >= 15 is 0 Å². The molecule has 162 valence electrons. The maximum absolute atomic E-state index is 13.3. The number of nitrogens with zero attached hydrogens (tertiary/aromatic N) is 2. The van der Waals surface area contributed by atoms with E-state index in [-0.39, 0.29) is 11.6 Å². The van der Waals surface area contributed by atoms with Crippen molar-refractivity contribution in [2.75, 3.05) is 0 Å². The minimum absolute atomic E-state index is 0.0293. The highest BCUT2D eigenvalue weighted by Gasteiger charge is 2.22. The van der Waals surface area contributed by atoms with E-state index in [1.54, 1.807) is 12.1 Å². The summed E-state index contributed by atoms with van der Waals surface area (Å²) >= 11 is 1.41. The fourth-order valence-corrected chi connectivity index (χ4v) is 5.19. The molecule has 5 nitrogen and oxygen atoms in total. The molecule has 0 atom stereocenters. The van der Waals surface area contributed by atoms with Crippen LogP contribution in [0.5, 0.6) is 0 Å². The van der Waals surface area contributed by atoms with Crippen molar-refractivity contribution in [3.8, 4) is 10.4 Å². The molecule has 33 heavy (non-hydrogen) atoms. The Morgan fingerprint density at radius 3 is 2.15 bits per heavy atom. The Hall–Kier alpha value is -4.03. The van der Waals surface area contributed by atoms with Crippen molar-refractivity contribution >= 4 is 33.1 Å². The number of carbonyl (C=O) groups excluding carboxylic acids is 1. The van der Waals surface area contributed by atoms with Gasteiger partial charge < -0.3 is 4.42 Å². The third-order valence-electron chi connectivity index (χ3n) is 5.33. The van der Waals surface area contributed by atoms with Crippen LogP contribution in [0.2, 0.25) is 0 Å². The molecule has 0 bridgehead atoms. The fourth-order valence-electron chi connectivity index (χ4n) is 3.84. The summed E-state index contributed by atoms with van der Waals surface area (Å²) in [5.41, 5.74) is 2.98. The summed E-state index contributed by atoms with van der Waals surface area (Å²) in [6.07, 6.45) is 0.545. The van der Waals surface area contributed by atoms with Gasteiger partial charge >= 0.3 is 11.3 Å². The number of rotatable bonds is 4. The molecule has 2 aromatic heterocycles. The van der Waals surface area contributed by atoms with Gasteiger partial charge in [-0.15, -0.1) is 11.3 Å². The number of carbonyl (C=O) groups is 1. The third-order valence-corrected chi connectivity index (χ3v) is 6.59. The van der Waals surface area contributed by atoms with E-state index < -0.39 is 5.63 Å². The van der Waals surface area contributed by atoms with Crippen molar-refractivity contribution in [3.05, 3.63) is 118 Å². The summed E-state index contributed by atoms with van der Waals surface area (Å²) in [7, 11) is 0. The van der Waals surface area contributed by atoms with Gasteiger partial charge in [-0.05, 0) is 35.2 Å². The van der Waals surface area contributed by atoms with Crippen LogP contribution in [0, 0.1) is 0 Å². The standard InChI is InChI=1S/C27H20N2O3S/c1-18(30)29-25-23(26(31)32-27(29)28-21-15-9-4-10-16-21)22(17-19-11-5-2-6-12-19)24(33-25)20-13-7-3-8-14-20/h2-16H,17H2,1H3. The smallest absolute Gasteiger partial charge is 0.349 e. The van der Waals surface area contributed by atoms with Gasteiger partial charge in [0, 0.05) is 11.8 Å². The minimum atomic E-state index is -0.499. The Morgan fingerprint density at radius 1 is 0.909 bits per heavy atom. The summed E-state index contributed by atoms with van der Waals surface area (Å²) in [5.74, 6) is -0.273. The minimum Gasteiger partial charge on any atom is -0.388 e. The molecule has 0 spiro atoms. The highest BCUT2D eigenvalue weighted by molar-refractivity contribution is 7.22. The molecule has 0 aliphatic rings. The highest BCUT2D eigenvalue weighted by atomic mass is 32.1. The van der Waals surface area contributed by atoms with Crippen molar-refractivity contribution in [1.29, 1.82) is 0 Å². The van der Waals surface area contributed by atoms with Gasteiger partial charge in [0.15, 0.2) is 0 Å². The topological polar surface area (TPSA) is 64.6 Å². The molecule has 6 heteroatoms. The summed E-state index contributed by atoms with van der Waals surface area (Å²) in [6, 6.07) is 29.0. The van der Waals surface area contributed by atoms with Crippen LogP contribution >= 0.6 is 11.3 Å². The quantitative estimate of drug-likeness (QED) is 0.346. The summed E-state index contributed by atoms with van der Waals surface area (Å²) < 4.78 is 7.04. The lowest BCUT2D eigenvalue weighted by Gasteiger charge is -2.06. The van der Waals surface area contributed by atoms with E-state index in [0.717, 1.165) is 21.6 Å². The largest absolute Gasteiger partial charge is 0.388 e. The number of thiophene rings is 1. The predicted octanol–water partition coefficient (Wildman–Crippen LogP) is 5.81. The molecular formula is C27H20N2O3S. The molecule has 0 aliphatic carbocycles. The average molecular weight is 453 g/mol. The molecule has 5 rings (SSSR count). The summed E-state index contributed by atoms with van der Waals surface area (Å²) in [4.78, 5) is 31.9. The first kappa shape index (κ1) is 20.8. The summed E-state index contributed by atoms with van der Waals surface area (Å²) in [5, 5.41) is 0.421. The van der Waals surface area contributed by atoms with E-state index in [1.807, 2.05) is 78.9 Å². The molecule has 5 aromatic rings. The van der Waals surface area contributed by atoms with Gasteiger partial charge in [-0.25, -0.2) is 9.36 Å². The van der Waals surface area contributed by atoms with Gasteiger partial charge in [0.25, 0.3) is 0 Å². The molecule has 0 saturated carbocycles. The second-order valence-electron chi connectivity index (χ2n) is 7.59. The number of hydrogen-bond donors (Lipinski definition) is 0. The SMILES string of the molecule is CC(=O)n1c(=Nc2ccccc2)oc(=O)c2c(Cc3ccccc3)c(-c3ccccc3)sc21. The van der Waals surface area contributed by atoms with Crippen LogP contribution in [0.3, 0.4) is 0 Å². The van der Waals surface area contributed by atoms with E-state index in [9.17, 15) is 9.59 Å². The molecule has 3 aromatic carbocycles. The molecule has 0 N–H and O–H groups in total. The molecule has 2 heterocycles. The van der Waals surface area contributed by atoms with E-state index in [4.69, 9.17) is 4.42 Å². The molecule has 0 fully saturated rings. The normalized spacial score (nSPS) is 11.7. The van der Waals surface area contributed by atoms with Gasteiger partial charge in [-0.3, -0.25) is 4.79 Å². The number of hydrogen-bond acceptors (Lipinski definition) is 5. The maximum atomic E-state index is 13.3. The van der Waals surface area contributed by atoms with Crippen LogP contribution in [-0.2, 0) is 6.42 Å². The van der Waals surface area contributed by atoms with Crippen LogP contribution in [0.4, 0.5) is 5.69 Å². The zero-order valence-electron chi connectivity index (χ0n) is 17.9. The molecular weight excluding hydrogens is 432 g/mol. The van der Waals surface area contributed by atoms with E-state index in [2.05, 4.69) is 4.99 Å². The van der Waals surface area contributed by atoms with Gasteiger partial charge in [0.1, 0.15) is 4.83 Å². The van der Waals surface area contributed by atoms with Gasteiger partial charge in [0.05, 0.1) is 11.1 Å². The highest BCUT2D eigenvalue weighted by Crippen LogP contribution is 2.38. The van der Waals surface area contributed by atoms with Gasteiger partial charge in [-0.1, -0.05) is 78.9 Å². The second kappa shape index (κ2) is 8.84. The fraction of sp³-hybridized carbons (Fsp3) is 0.0741. The summed E-state index contributed by atoms with van der Waals surface area (Å²) in [6.45, 7) is 1.45. The molecule has 0 radical (unpaired) electrons. The Labute approximate surface area is 193 Å². The Bertz CT molecular complexity index is 1560. The monoisotopic (exact) mass is 452 g/mol. The van der Waals surface area contributed by atoms with Crippen molar-refractivity contribution < 1.29 is 9.21 Å². The van der Waals surface area contributed by atoms with Crippen LogP contribution in [0.15, 0.2) is 105 Å². The van der Waals surface area contributed by atoms with Gasteiger partial charge in [-0.2, -0.15) is 4.99 Å². The molecule has 0 saturated heterocycles. The Kier molecular flexibility index (Phi) is 5.59. The van der Waals surface area contributed by atoms with Crippen LogP contribution in [0.1, 0.15) is 22.8 Å². The van der Waals surface area contributed by atoms with E-state index in [0.29, 0.717) is 22.3 Å². The van der Waals surface area contributed by atoms with Crippen molar-refractivity contribution in [2.24, 2.45) is 4.99 Å². The second-order valence-corrected chi connectivity index (χ2v) is 8.59. The number of fused-ring (bicyclic) bond motifs is 1. The first-order chi connectivity index (χ1) is 16.1. The predicted molar refractivity (Wildman–Crippen MR) is 131 cm³/mol. The number of benzene rings is 3. The maximum Gasteiger partial charge on any atom is 0.349 e. The lowest BCUT2D eigenvalue weighted by atomic mass is 10.0. The van der Waals surface area contributed by atoms with Crippen molar-refractivity contribution in [3.63, 3.8) is 0 Å². The van der Waals surface area contributed by atoms with Crippen molar-refractivity contribution in [2.45, 2.75) is 13.3 Å². The lowest BCUT2D eigenvalue weighted by molar-refractivity contribution is 0.0926. The van der Waals surface area contributed by atoms with Crippen LogP contribution in [0.25, 0.3) is 20.7 Å². The average Bonchev–Trinajstić information content (AvgIpc) is 3.20. The van der Waals surface area contributed by atoms with Gasteiger partial charge in [0.2, 0.25) is 5.91 Å². The first-order valence-electron chi connectivity index (χ1n) is 10.5. The molecule has 0 amide bonds. The third kappa shape index (κ3) is 4.08. The van der Waals surface area contributed by atoms with E-state index in [1.165, 1.54) is 22.8 Å². The van der Waals surface area contributed by atoms with Crippen LogP contribution < -0.4 is 11.3 Å². The molecule has 0 aliphatic heterocycles. The first-order valence-corrected chi connectivity index (χ1v) is 11.3. The molecule has 0 unspecified atom stereocenters. The lowest BCUT2D eigenvalue weighted by Crippen LogP contribution is -2.29. The van der Waals surface area contributed by atoms with Crippen LogP contribution in [-0.4, -0.2) is 10.5 Å². The number of para-hydroxylation sites is 1.